The lowest BCUT2D eigenvalue weighted by Crippen LogP contribution is -2.34. The van der Waals surface area contributed by atoms with Gasteiger partial charge in [-0.15, -0.1) is 0 Å². The van der Waals surface area contributed by atoms with Gasteiger partial charge in [-0.05, 0) is 18.2 Å². The van der Waals surface area contributed by atoms with E-state index >= 15 is 0 Å². The third kappa shape index (κ3) is 3.77. The van der Waals surface area contributed by atoms with Crippen molar-refractivity contribution in [2.45, 2.75) is 11.8 Å². The lowest BCUT2D eigenvalue weighted by atomic mass is 10.2. The summed E-state index contributed by atoms with van der Waals surface area (Å²) in [7, 11) is -1.41. The maximum Gasteiger partial charge on any atom is 0.309 e. The zero-order chi connectivity index (χ0) is 16.2. The highest BCUT2D eigenvalue weighted by atomic mass is 32.2. The number of rotatable bonds is 5. The predicted octanol–water partition coefficient (Wildman–Crippen LogP) is 1.13. The smallest absolute Gasteiger partial charge is 0.309 e. The van der Waals surface area contributed by atoms with Gasteiger partial charge in [-0.3, -0.25) is 4.79 Å². The monoisotopic (exact) mass is 314 g/mol. The summed E-state index contributed by atoms with van der Waals surface area (Å²) in [6.45, 7) is 1.44. The third-order valence-electron chi connectivity index (χ3n) is 2.90. The van der Waals surface area contributed by atoms with Gasteiger partial charge in [0.2, 0.25) is 10.0 Å². The fourth-order valence-corrected chi connectivity index (χ4v) is 2.98. The number of benzene rings is 1. The molecule has 114 valence electrons. The average molecular weight is 314 g/mol. The summed E-state index contributed by atoms with van der Waals surface area (Å²) >= 11 is 0. The Balaban J connectivity index is 3.06. The van der Waals surface area contributed by atoms with Crippen LogP contribution in [-0.4, -0.2) is 39.4 Å². The molecule has 0 fully saturated rings. The Morgan fingerprint density at radius 2 is 2.14 bits per heavy atom. The molecule has 0 amide bonds. The van der Waals surface area contributed by atoms with Crippen LogP contribution < -0.4 is 0 Å². The summed E-state index contributed by atoms with van der Waals surface area (Å²) in [5, 5.41) is 8.74. The van der Waals surface area contributed by atoms with E-state index in [4.69, 9.17) is 5.26 Å². The highest BCUT2D eigenvalue weighted by Gasteiger charge is 2.26. The molecule has 1 aromatic rings. The fraction of sp³-hybridized carbons (Fsp3) is 0.385. The summed E-state index contributed by atoms with van der Waals surface area (Å²) in [6, 6.07) is 4.54. The van der Waals surface area contributed by atoms with Crippen LogP contribution in [0.5, 0.6) is 0 Å². The number of methoxy groups -OCH3 is 1. The Kier molecular flexibility index (Phi) is 5.41. The van der Waals surface area contributed by atoms with Crippen molar-refractivity contribution in [2.24, 2.45) is 5.92 Å². The molecule has 1 rings (SSSR count). The SMILES string of the molecule is COC(=O)C(C)CN(C)S(=O)(=O)c1ccc(F)c(C#N)c1. The van der Waals surface area contributed by atoms with E-state index in [1.807, 2.05) is 0 Å². The number of ether oxygens (including phenoxy) is 1. The molecule has 0 saturated carbocycles. The Hall–Kier alpha value is -1.98. The molecule has 6 nitrogen and oxygen atoms in total. The maximum absolute atomic E-state index is 13.2. The molecule has 0 radical (unpaired) electrons. The van der Waals surface area contributed by atoms with E-state index in [9.17, 15) is 17.6 Å². The second kappa shape index (κ2) is 6.65. The van der Waals surface area contributed by atoms with Gasteiger partial charge in [0.15, 0.2) is 0 Å². The van der Waals surface area contributed by atoms with Crippen molar-refractivity contribution in [3.05, 3.63) is 29.6 Å². The number of nitriles is 1. The van der Waals surface area contributed by atoms with Crippen molar-refractivity contribution in [3.8, 4) is 6.07 Å². The van der Waals surface area contributed by atoms with Gasteiger partial charge in [-0.2, -0.15) is 5.26 Å². The zero-order valence-electron chi connectivity index (χ0n) is 11.8. The van der Waals surface area contributed by atoms with Gasteiger partial charge in [-0.1, -0.05) is 6.92 Å². The molecular formula is C13H15FN2O4S. The largest absolute Gasteiger partial charge is 0.469 e. The Morgan fingerprint density at radius 1 is 1.52 bits per heavy atom. The van der Waals surface area contributed by atoms with E-state index < -0.39 is 27.7 Å². The molecule has 21 heavy (non-hydrogen) atoms. The van der Waals surface area contributed by atoms with E-state index in [0.29, 0.717) is 0 Å². The predicted molar refractivity (Wildman–Crippen MR) is 72.1 cm³/mol. The maximum atomic E-state index is 13.2. The molecule has 0 aliphatic heterocycles. The molecule has 0 bridgehead atoms. The molecule has 0 spiro atoms. The van der Waals surface area contributed by atoms with Gasteiger partial charge in [-0.25, -0.2) is 17.1 Å². The molecule has 1 unspecified atom stereocenters. The summed E-state index contributed by atoms with van der Waals surface area (Å²) < 4.78 is 43.3. The summed E-state index contributed by atoms with van der Waals surface area (Å²) in [6.07, 6.45) is 0. The van der Waals surface area contributed by atoms with Crippen LogP contribution >= 0.6 is 0 Å². The molecule has 1 aromatic carbocycles. The minimum Gasteiger partial charge on any atom is -0.469 e. The normalized spacial score (nSPS) is 12.8. The van der Waals surface area contributed by atoms with Gasteiger partial charge in [0.05, 0.1) is 23.5 Å². The van der Waals surface area contributed by atoms with Crippen LogP contribution in [0.25, 0.3) is 0 Å². The molecule has 0 N–H and O–H groups in total. The number of nitrogens with zero attached hydrogens (tertiary/aromatic N) is 2. The Bertz CT molecular complexity index is 682. The van der Waals surface area contributed by atoms with Crippen LogP contribution in [0.1, 0.15) is 12.5 Å². The van der Waals surface area contributed by atoms with E-state index in [1.165, 1.54) is 21.1 Å². The number of halogens is 1. The lowest BCUT2D eigenvalue weighted by molar-refractivity contribution is -0.144. The second-order valence-electron chi connectivity index (χ2n) is 4.46. The second-order valence-corrected chi connectivity index (χ2v) is 6.51. The van der Waals surface area contributed by atoms with Gasteiger partial charge in [0.1, 0.15) is 11.9 Å². The van der Waals surface area contributed by atoms with Crippen LogP contribution in [0, 0.1) is 23.1 Å². The minimum atomic E-state index is -3.92. The zero-order valence-corrected chi connectivity index (χ0v) is 12.6. The fourth-order valence-electron chi connectivity index (χ4n) is 1.69. The van der Waals surface area contributed by atoms with E-state index in [1.54, 1.807) is 6.07 Å². The summed E-state index contributed by atoms with van der Waals surface area (Å²) in [4.78, 5) is 11.1. The molecule has 0 saturated heterocycles. The summed E-state index contributed by atoms with van der Waals surface area (Å²) in [5.41, 5.74) is -0.356. The van der Waals surface area contributed by atoms with Crippen LogP contribution in [0.2, 0.25) is 0 Å². The molecule has 0 aliphatic carbocycles. The van der Waals surface area contributed by atoms with Crippen LogP contribution in [-0.2, 0) is 19.6 Å². The third-order valence-corrected chi connectivity index (χ3v) is 4.72. The molecule has 0 aliphatic rings. The van der Waals surface area contributed by atoms with Crippen LogP contribution in [0.15, 0.2) is 23.1 Å². The number of carbonyl (C=O) groups excluding carboxylic acids is 1. The van der Waals surface area contributed by atoms with Crippen molar-refractivity contribution in [1.82, 2.24) is 4.31 Å². The first-order valence-electron chi connectivity index (χ1n) is 5.97. The molecule has 1 atom stereocenters. The van der Waals surface area contributed by atoms with E-state index in [0.717, 1.165) is 22.5 Å². The van der Waals surface area contributed by atoms with Gasteiger partial charge in [0, 0.05) is 13.6 Å². The van der Waals surface area contributed by atoms with Gasteiger partial charge >= 0.3 is 5.97 Å². The quantitative estimate of drug-likeness (QED) is 0.760. The van der Waals surface area contributed by atoms with E-state index in [2.05, 4.69) is 4.74 Å². The lowest BCUT2D eigenvalue weighted by Gasteiger charge is -2.20. The van der Waals surface area contributed by atoms with Gasteiger partial charge in [0.25, 0.3) is 0 Å². The number of esters is 1. The highest BCUT2D eigenvalue weighted by molar-refractivity contribution is 7.89. The first-order valence-corrected chi connectivity index (χ1v) is 7.41. The van der Waals surface area contributed by atoms with Gasteiger partial charge < -0.3 is 4.74 Å². The molecule has 0 heterocycles. The topological polar surface area (TPSA) is 87.5 Å². The summed E-state index contributed by atoms with van der Waals surface area (Å²) in [5.74, 6) is -1.97. The standard InChI is InChI=1S/C13H15FN2O4S/c1-9(13(17)20-3)8-16(2)21(18,19)11-4-5-12(14)10(6-11)7-15/h4-6,9H,8H2,1-3H3. The number of hydrogen-bond acceptors (Lipinski definition) is 5. The molecule has 8 heteroatoms. The van der Waals surface area contributed by atoms with Crippen LogP contribution in [0.4, 0.5) is 4.39 Å². The highest BCUT2D eigenvalue weighted by Crippen LogP contribution is 2.19. The number of hydrogen-bond donors (Lipinski definition) is 0. The number of sulfonamides is 1. The van der Waals surface area contributed by atoms with Crippen molar-refractivity contribution in [1.29, 1.82) is 5.26 Å². The first-order chi connectivity index (χ1) is 9.73. The van der Waals surface area contributed by atoms with Crippen LogP contribution in [0.3, 0.4) is 0 Å². The van der Waals surface area contributed by atoms with E-state index in [-0.39, 0.29) is 17.0 Å². The van der Waals surface area contributed by atoms with Crippen molar-refractivity contribution in [3.63, 3.8) is 0 Å². The number of carbonyl (C=O) groups is 1. The molecule has 0 aromatic heterocycles. The molecular weight excluding hydrogens is 299 g/mol. The first kappa shape index (κ1) is 17.1. The average Bonchev–Trinajstić information content (AvgIpc) is 2.46. The Morgan fingerprint density at radius 3 is 2.67 bits per heavy atom. The minimum absolute atomic E-state index is 0.0890. The Labute approximate surface area is 122 Å². The van der Waals surface area contributed by atoms with Crippen molar-refractivity contribution < 1.29 is 22.3 Å². The van der Waals surface area contributed by atoms with Crippen molar-refractivity contribution >= 4 is 16.0 Å². The van der Waals surface area contributed by atoms with Crippen molar-refractivity contribution in [2.75, 3.05) is 20.7 Å².